The van der Waals surface area contributed by atoms with Crippen molar-refractivity contribution in [1.82, 2.24) is 5.01 Å². The summed E-state index contributed by atoms with van der Waals surface area (Å²) in [6, 6.07) is 9.47. The van der Waals surface area contributed by atoms with Gasteiger partial charge in [0.05, 0.1) is 5.69 Å². The van der Waals surface area contributed by atoms with Gasteiger partial charge in [-0.3, -0.25) is 19.4 Å². The van der Waals surface area contributed by atoms with Crippen LogP contribution >= 0.6 is 0 Å². The lowest BCUT2D eigenvalue weighted by molar-refractivity contribution is -0.123. The quantitative estimate of drug-likeness (QED) is 0.754. The lowest BCUT2D eigenvalue weighted by Crippen LogP contribution is -2.43. The van der Waals surface area contributed by atoms with Gasteiger partial charge in [-0.1, -0.05) is 42.0 Å². The van der Waals surface area contributed by atoms with Crippen molar-refractivity contribution in [3.8, 4) is 0 Å². The summed E-state index contributed by atoms with van der Waals surface area (Å²) in [5.41, 5.74) is 5.40. The summed E-state index contributed by atoms with van der Waals surface area (Å²) in [6.07, 6.45) is 0.866. The van der Waals surface area contributed by atoms with Crippen molar-refractivity contribution in [2.45, 2.75) is 46.2 Å². The molecule has 2 aliphatic rings. The Kier molecular flexibility index (Phi) is 5.31. The summed E-state index contributed by atoms with van der Waals surface area (Å²) < 4.78 is 0. The molecule has 1 fully saturated rings. The number of anilines is 2. The third-order valence-electron chi connectivity index (χ3n) is 5.71. The zero-order valence-corrected chi connectivity index (χ0v) is 18.0. The first-order valence-corrected chi connectivity index (χ1v) is 10.3. The van der Waals surface area contributed by atoms with Crippen LogP contribution in [0.25, 0.3) is 0 Å². The van der Waals surface area contributed by atoms with Gasteiger partial charge in [0, 0.05) is 5.69 Å². The zero-order chi connectivity index (χ0) is 22.3. The topological polar surface area (TPSA) is 94.4 Å². The smallest absolute Gasteiger partial charge is 0.263 e. The third-order valence-corrected chi connectivity index (χ3v) is 5.71. The van der Waals surface area contributed by atoms with Gasteiger partial charge in [0.1, 0.15) is 6.54 Å². The second-order valence-electron chi connectivity index (χ2n) is 8.05. The van der Waals surface area contributed by atoms with Crippen LogP contribution in [0.2, 0.25) is 0 Å². The van der Waals surface area contributed by atoms with Crippen LogP contribution in [0.4, 0.5) is 11.4 Å². The SMILES string of the molecule is CCc1ccc(N2C(=O)[C@@H]3[C@@H](N=NN3CC(=O)Nc3c(C)cc(C)cc3C)C2=O)cc1. The van der Waals surface area contributed by atoms with E-state index in [1.54, 1.807) is 12.1 Å². The maximum atomic E-state index is 13.1. The Bertz CT molecular complexity index is 1070. The van der Waals surface area contributed by atoms with Crippen LogP contribution < -0.4 is 10.2 Å². The molecular formula is C23H25N5O3. The number of carbonyl (C=O) groups is 3. The van der Waals surface area contributed by atoms with E-state index in [4.69, 9.17) is 0 Å². The van der Waals surface area contributed by atoms with Crippen molar-refractivity contribution in [2.75, 3.05) is 16.8 Å². The normalized spacial score (nSPS) is 19.9. The average Bonchev–Trinajstić information content (AvgIpc) is 3.24. The summed E-state index contributed by atoms with van der Waals surface area (Å²) in [5.74, 6) is -1.16. The number of rotatable bonds is 5. The van der Waals surface area contributed by atoms with E-state index in [1.807, 2.05) is 52.0 Å². The standard InChI is InChI=1S/C23H25N5O3/c1-5-16-6-8-17(9-7-16)28-22(30)20-21(23(28)31)27(26-25-20)12-18(29)24-19-14(3)10-13(2)11-15(19)4/h6-11,20-21H,5,12H2,1-4H3,(H,24,29)/t20-,21+/m1/s1. The van der Waals surface area contributed by atoms with E-state index in [0.717, 1.165) is 39.3 Å². The van der Waals surface area contributed by atoms with E-state index < -0.39 is 23.9 Å². The number of fused-ring (bicyclic) bond motifs is 1. The molecule has 2 atom stereocenters. The summed E-state index contributed by atoms with van der Waals surface area (Å²) in [4.78, 5) is 39.7. The van der Waals surface area contributed by atoms with E-state index in [0.29, 0.717) is 5.69 Å². The molecule has 0 aromatic heterocycles. The van der Waals surface area contributed by atoms with Gasteiger partial charge in [0.15, 0.2) is 12.1 Å². The highest BCUT2D eigenvalue weighted by atomic mass is 16.2. The molecule has 8 nitrogen and oxygen atoms in total. The maximum absolute atomic E-state index is 13.1. The number of aryl methyl sites for hydroxylation is 4. The van der Waals surface area contributed by atoms with Gasteiger partial charge in [-0.05, 0) is 56.0 Å². The van der Waals surface area contributed by atoms with Crippen molar-refractivity contribution in [3.63, 3.8) is 0 Å². The number of nitrogens with one attached hydrogen (secondary N) is 1. The molecule has 0 unspecified atom stereocenters. The number of imide groups is 1. The van der Waals surface area contributed by atoms with Crippen molar-refractivity contribution in [2.24, 2.45) is 10.3 Å². The van der Waals surface area contributed by atoms with Crippen molar-refractivity contribution < 1.29 is 14.4 Å². The Morgan fingerprint density at radius 1 is 1.03 bits per heavy atom. The van der Waals surface area contributed by atoms with E-state index in [1.165, 1.54) is 5.01 Å². The number of hydrogen-bond donors (Lipinski definition) is 1. The Morgan fingerprint density at radius 3 is 2.29 bits per heavy atom. The van der Waals surface area contributed by atoms with E-state index in [9.17, 15) is 14.4 Å². The Balaban J connectivity index is 1.49. The van der Waals surface area contributed by atoms with Gasteiger partial charge in [0.2, 0.25) is 5.91 Å². The largest absolute Gasteiger partial charge is 0.324 e. The second-order valence-corrected chi connectivity index (χ2v) is 8.05. The number of nitrogens with zero attached hydrogens (tertiary/aromatic N) is 4. The van der Waals surface area contributed by atoms with Gasteiger partial charge in [-0.15, -0.1) is 0 Å². The second kappa shape index (κ2) is 7.94. The number of amides is 3. The van der Waals surface area contributed by atoms with Crippen LogP contribution in [0.3, 0.4) is 0 Å². The third kappa shape index (κ3) is 3.69. The van der Waals surface area contributed by atoms with E-state index >= 15 is 0 Å². The Labute approximate surface area is 180 Å². The minimum Gasteiger partial charge on any atom is -0.324 e. The molecule has 0 saturated carbocycles. The molecule has 2 heterocycles. The van der Waals surface area contributed by atoms with Gasteiger partial charge < -0.3 is 5.32 Å². The lowest BCUT2D eigenvalue weighted by Gasteiger charge is -2.21. The summed E-state index contributed by atoms with van der Waals surface area (Å²) >= 11 is 0. The minimum absolute atomic E-state index is 0.168. The summed E-state index contributed by atoms with van der Waals surface area (Å²) in [6.45, 7) is 7.73. The number of hydrogen-bond acceptors (Lipinski definition) is 6. The first-order valence-electron chi connectivity index (χ1n) is 10.3. The number of benzene rings is 2. The molecule has 2 aromatic carbocycles. The molecule has 8 heteroatoms. The highest BCUT2D eigenvalue weighted by Gasteiger charge is 2.55. The first-order chi connectivity index (χ1) is 14.8. The van der Waals surface area contributed by atoms with Crippen molar-refractivity contribution >= 4 is 29.1 Å². The van der Waals surface area contributed by atoms with Gasteiger partial charge in [-0.2, -0.15) is 5.11 Å². The van der Waals surface area contributed by atoms with Crippen LogP contribution in [0.15, 0.2) is 46.7 Å². The maximum Gasteiger partial charge on any atom is 0.263 e. The fraction of sp³-hybridized carbons (Fsp3) is 0.348. The Morgan fingerprint density at radius 2 is 1.68 bits per heavy atom. The lowest BCUT2D eigenvalue weighted by atomic mass is 10.1. The van der Waals surface area contributed by atoms with Crippen LogP contribution in [-0.2, 0) is 20.8 Å². The summed E-state index contributed by atoms with van der Waals surface area (Å²) in [7, 11) is 0. The van der Waals surface area contributed by atoms with E-state index in [-0.39, 0.29) is 12.5 Å². The molecule has 31 heavy (non-hydrogen) atoms. The fourth-order valence-electron chi connectivity index (χ4n) is 4.19. The molecule has 0 aliphatic carbocycles. The molecule has 0 bridgehead atoms. The molecule has 1 saturated heterocycles. The molecule has 160 valence electrons. The molecule has 0 spiro atoms. The van der Waals surface area contributed by atoms with Crippen molar-refractivity contribution in [3.05, 3.63) is 58.7 Å². The predicted molar refractivity (Wildman–Crippen MR) is 117 cm³/mol. The van der Waals surface area contributed by atoms with Gasteiger partial charge in [-0.25, -0.2) is 4.90 Å². The fourth-order valence-corrected chi connectivity index (χ4v) is 4.19. The van der Waals surface area contributed by atoms with Crippen LogP contribution in [0.1, 0.15) is 29.2 Å². The van der Waals surface area contributed by atoms with Crippen LogP contribution in [0.5, 0.6) is 0 Å². The van der Waals surface area contributed by atoms with Gasteiger partial charge >= 0.3 is 0 Å². The summed E-state index contributed by atoms with van der Waals surface area (Å²) in [5, 5.41) is 12.1. The highest BCUT2D eigenvalue weighted by molar-refractivity contribution is 6.25. The van der Waals surface area contributed by atoms with Crippen LogP contribution in [0, 0.1) is 20.8 Å². The highest BCUT2D eigenvalue weighted by Crippen LogP contribution is 2.32. The van der Waals surface area contributed by atoms with Crippen molar-refractivity contribution in [1.29, 1.82) is 0 Å². The first kappa shape index (κ1) is 20.7. The monoisotopic (exact) mass is 419 g/mol. The number of carbonyl (C=O) groups excluding carboxylic acids is 3. The minimum atomic E-state index is -0.922. The molecular weight excluding hydrogens is 394 g/mol. The van der Waals surface area contributed by atoms with Crippen LogP contribution in [-0.4, -0.2) is 41.4 Å². The molecule has 1 N–H and O–H groups in total. The predicted octanol–water partition coefficient (Wildman–Crippen LogP) is 3.11. The molecule has 2 aliphatic heterocycles. The molecule has 0 radical (unpaired) electrons. The molecule has 3 amide bonds. The molecule has 2 aromatic rings. The van der Waals surface area contributed by atoms with E-state index in [2.05, 4.69) is 15.7 Å². The Hall–Kier alpha value is -3.55. The zero-order valence-electron chi connectivity index (χ0n) is 18.0. The average molecular weight is 419 g/mol. The van der Waals surface area contributed by atoms with Gasteiger partial charge in [0.25, 0.3) is 11.8 Å². The molecule has 4 rings (SSSR count).